The standard InChI is InChI=1S/C20H20N4/c1-13-4-7-16(8-5-13)12-24-15(3)11-19(23-24)20-21-17-9-6-14(2)10-18(17)22-20/h4-11H,12H2,1-3H3,(H,21,22). The maximum atomic E-state index is 4.74. The fourth-order valence-corrected chi connectivity index (χ4v) is 2.90. The number of rotatable bonds is 3. The van der Waals surface area contributed by atoms with Crippen LogP contribution in [-0.2, 0) is 6.54 Å². The number of nitrogens with zero attached hydrogens (tertiary/aromatic N) is 3. The summed E-state index contributed by atoms with van der Waals surface area (Å²) in [4.78, 5) is 8.04. The number of aryl methyl sites for hydroxylation is 3. The van der Waals surface area contributed by atoms with Gasteiger partial charge in [0.1, 0.15) is 5.69 Å². The van der Waals surface area contributed by atoms with Gasteiger partial charge in [0.15, 0.2) is 5.82 Å². The summed E-state index contributed by atoms with van der Waals surface area (Å²) in [5.41, 5.74) is 7.78. The summed E-state index contributed by atoms with van der Waals surface area (Å²) in [6.07, 6.45) is 0. The zero-order valence-corrected chi connectivity index (χ0v) is 14.2. The van der Waals surface area contributed by atoms with Gasteiger partial charge in [0, 0.05) is 5.69 Å². The minimum absolute atomic E-state index is 0.769. The SMILES string of the molecule is Cc1ccc(Cn2nc(-c3nc4ccc(C)cc4[nH]3)cc2C)cc1. The predicted molar refractivity (Wildman–Crippen MR) is 97.1 cm³/mol. The quantitative estimate of drug-likeness (QED) is 0.609. The number of benzene rings is 2. The van der Waals surface area contributed by atoms with Crippen LogP contribution in [0, 0.1) is 20.8 Å². The summed E-state index contributed by atoms with van der Waals surface area (Å²) in [6, 6.07) is 16.9. The first-order valence-electron chi connectivity index (χ1n) is 8.15. The second-order valence-electron chi connectivity index (χ2n) is 6.42. The second kappa shape index (κ2) is 5.64. The van der Waals surface area contributed by atoms with Gasteiger partial charge in [0.25, 0.3) is 0 Å². The lowest BCUT2D eigenvalue weighted by Crippen LogP contribution is -2.03. The number of fused-ring (bicyclic) bond motifs is 1. The molecule has 0 bridgehead atoms. The van der Waals surface area contributed by atoms with Crippen LogP contribution in [0.25, 0.3) is 22.6 Å². The monoisotopic (exact) mass is 316 g/mol. The van der Waals surface area contributed by atoms with Gasteiger partial charge in [-0.3, -0.25) is 4.68 Å². The predicted octanol–water partition coefficient (Wildman–Crippen LogP) is 4.40. The van der Waals surface area contributed by atoms with Crippen molar-refractivity contribution in [3.63, 3.8) is 0 Å². The molecule has 4 heteroatoms. The summed E-state index contributed by atoms with van der Waals surface area (Å²) in [6.45, 7) is 7.04. The summed E-state index contributed by atoms with van der Waals surface area (Å²) >= 11 is 0. The van der Waals surface area contributed by atoms with Crippen molar-refractivity contribution >= 4 is 11.0 Å². The molecule has 0 saturated heterocycles. The summed E-state index contributed by atoms with van der Waals surface area (Å²) in [5.74, 6) is 0.821. The average molecular weight is 316 g/mol. The van der Waals surface area contributed by atoms with Gasteiger partial charge in [0.05, 0.1) is 17.6 Å². The highest BCUT2D eigenvalue weighted by molar-refractivity contribution is 5.79. The number of aromatic amines is 1. The Kier molecular flexibility index (Phi) is 3.45. The first kappa shape index (κ1) is 14.7. The Balaban J connectivity index is 1.67. The van der Waals surface area contributed by atoms with Crippen molar-refractivity contribution in [3.05, 3.63) is 70.9 Å². The van der Waals surface area contributed by atoms with Crippen molar-refractivity contribution in [1.82, 2.24) is 19.7 Å². The van der Waals surface area contributed by atoms with Crippen LogP contribution in [0.5, 0.6) is 0 Å². The third-order valence-corrected chi connectivity index (χ3v) is 4.31. The van der Waals surface area contributed by atoms with Gasteiger partial charge in [0.2, 0.25) is 0 Å². The number of aromatic nitrogens is 4. The highest BCUT2D eigenvalue weighted by Gasteiger charge is 2.11. The molecule has 0 saturated carbocycles. The van der Waals surface area contributed by atoms with E-state index in [4.69, 9.17) is 5.10 Å². The molecule has 0 atom stereocenters. The molecule has 0 aliphatic rings. The van der Waals surface area contributed by atoms with E-state index in [2.05, 4.69) is 73.2 Å². The molecule has 0 radical (unpaired) electrons. The van der Waals surface area contributed by atoms with E-state index in [1.807, 2.05) is 10.7 Å². The highest BCUT2D eigenvalue weighted by atomic mass is 15.3. The fourth-order valence-electron chi connectivity index (χ4n) is 2.90. The van der Waals surface area contributed by atoms with Crippen LogP contribution >= 0.6 is 0 Å². The van der Waals surface area contributed by atoms with Crippen molar-refractivity contribution in [3.8, 4) is 11.5 Å². The number of hydrogen-bond acceptors (Lipinski definition) is 2. The molecule has 0 spiro atoms. The van der Waals surface area contributed by atoms with Gasteiger partial charge in [-0.2, -0.15) is 5.10 Å². The van der Waals surface area contributed by atoms with Crippen LogP contribution in [-0.4, -0.2) is 19.7 Å². The molecular weight excluding hydrogens is 296 g/mol. The molecule has 2 aromatic heterocycles. The van der Waals surface area contributed by atoms with Gasteiger partial charge in [-0.1, -0.05) is 35.9 Å². The fraction of sp³-hybridized carbons (Fsp3) is 0.200. The van der Waals surface area contributed by atoms with E-state index in [0.717, 1.165) is 34.8 Å². The molecule has 120 valence electrons. The van der Waals surface area contributed by atoms with Gasteiger partial charge in [-0.25, -0.2) is 4.98 Å². The van der Waals surface area contributed by atoms with Crippen LogP contribution in [0.2, 0.25) is 0 Å². The van der Waals surface area contributed by atoms with E-state index in [1.165, 1.54) is 16.7 Å². The Labute approximate surface area is 141 Å². The Morgan fingerprint density at radius 3 is 2.46 bits per heavy atom. The van der Waals surface area contributed by atoms with Crippen LogP contribution in [0.3, 0.4) is 0 Å². The molecule has 4 aromatic rings. The third kappa shape index (κ3) is 2.71. The average Bonchev–Trinajstić information content (AvgIpc) is 3.13. The van der Waals surface area contributed by atoms with Crippen molar-refractivity contribution in [2.75, 3.05) is 0 Å². The summed E-state index contributed by atoms with van der Waals surface area (Å²) < 4.78 is 2.03. The normalized spacial score (nSPS) is 11.3. The lowest BCUT2D eigenvalue weighted by atomic mass is 10.1. The van der Waals surface area contributed by atoms with Crippen molar-refractivity contribution < 1.29 is 0 Å². The van der Waals surface area contributed by atoms with Crippen molar-refractivity contribution in [1.29, 1.82) is 0 Å². The molecule has 2 aromatic carbocycles. The first-order valence-corrected chi connectivity index (χ1v) is 8.15. The number of nitrogens with one attached hydrogen (secondary N) is 1. The number of H-pyrrole nitrogens is 1. The molecular formula is C20H20N4. The van der Waals surface area contributed by atoms with E-state index in [9.17, 15) is 0 Å². The molecule has 0 aliphatic heterocycles. The van der Waals surface area contributed by atoms with Gasteiger partial charge >= 0.3 is 0 Å². The molecule has 0 unspecified atom stereocenters. The zero-order chi connectivity index (χ0) is 16.7. The van der Waals surface area contributed by atoms with Crippen molar-refractivity contribution in [2.45, 2.75) is 27.3 Å². The summed E-state index contributed by atoms with van der Waals surface area (Å²) in [7, 11) is 0. The molecule has 4 rings (SSSR count). The zero-order valence-electron chi connectivity index (χ0n) is 14.2. The van der Waals surface area contributed by atoms with E-state index in [0.29, 0.717) is 0 Å². The maximum Gasteiger partial charge on any atom is 0.159 e. The number of hydrogen-bond donors (Lipinski definition) is 1. The Hall–Kier alpha value is -2.88. The molecule has 2 heterocycles. The lowest BCUT2D eigenvalue weighted by molar-refractivity contribution is 0.666. The number of imidazole rings is 1. The van der Waals surface area contributed by atoms with E-state index in [-0.39, 0.29) is 0 Å². The minimum atomic E-state index is 0.769. The van der Waals surface area contributed by atoms with Crippen LogP contribution < -0.4 is 0 Å². The molecule has 0 aliphatic carbocycles. The van der Waals surface area contributed by atoms with Crippen molar-refractivity contribution in [2.24, 2.45) is 0 Å². The first-order chi connectivity index (χ1) is 11.6. The topological polar surface area (TPSA) is 46.5 Å². The molecule has 24 heavy (non-hydrogen) atoms. The van der Waals surface area contributed by atoms with Crippen LogP contribution in [0.1, 0.15) is 22.4 Å². The van der Waals surface area contributed by atoms with E-state index >= 15 is 0 Å². The molecule has 1 N–H and O–H groups in total. The highest BCUT2D eigenvalue weighted by Crippen LogP contribution is 2.21. The summed E-state index contributed by atoms with van der Waals surface area (Å²) in [5, 5.41) is 4.74. The van der Waals surface area contributed by atoms with Gasteiger partial charge in [-0.15, -0.1) is 0 Å². The smallest absolute Gasteiger partial charge is 0.159 e. The largest absolute Gasteiger partial charge is 0.337 e. The van der Waals surface area contributed by atoms with Gasteiger partial charge in [-0.05, 0) is 50.1 Å². The molecule has 4 nitrogen and oxygen atoms in total. The van der Waals surface area contributed by atoms with Crippen LogP contribution in [0.15, 0.2) is 48.5 Å². The van der Waals surface area contributed by atoms with E-state index < -0.39 is 0 Å². The molecule has 0 amide bonds. The Morgan fingerprint density at radius 1 is 0.917 bits per heavy atom. The van der Waals surface area contributed by atoms with Gasteiger partial charge < -0.3 is 4.98 Å². The minimum Gasteiger partial charge on any atom is -0.337 e. The Bertz CT molecular complexity index is 1010. The lowest BCUT2D eigenvalue weighted by Gasteiger charge is -2.04. The Morgan fingerprint density at radius 2 is 1.67 bits per heavy atom. The third-order valence-electron chi connectivity index (χ3n) is 4.31. The van der Waals surface area contributed by atoms with Crippen LogP contribution in [0.4, 0.5) is 0 Å². The van der Waals surface area contributed by atoms with E-state index in [1.54, 1.807) is 0 Å². The molecule has 0 fully saturated rings. The second-order valence-corrected chi connectivity index (χ2v) is 6.42. The maximum absolute atomic E-state index is 4.74.